The fourth-order valence-electron chi connectivity index (χ4n) is 4.59. The SMILES string of the molecule is CC[C@@H](N=C1NS(=O)(=O)N=C1Nc1cccc(C(=O)N2CCN(c3cccc[n+]3[O-])CC2)c1O)c1ccc(C)o1. The monoisotopic (exact) mass is 567 g/mol. The summed E-state index contributed by atoms with van der Waals surface area (Å²) in [5, 5.41) is 25.9. The molecule has 3 aromatic rings. The van der Waals surface area contributed by atoms with Gasteiger partial charge in [0.1, 0.15) is 30.7 Å². The van der Waals surface area contributed by atoms with Crippen LogP contribution < -0.4 is 19.7 Å². The molecule has 14 heteroatoms. The number of aromatic hydroxyl groups is 1. The Hall–Kier alpha value is -4.59. The number of benzene rings is 1. The number of anilines is 2. The lowest BCUT2D eigenvalue weighted by Gasteiger charge is -2.32. The van der Waals surface area contributed by atoms with Gasteiger partial charge in [0.05, 0.1) is 30.5 Å². The van der Waals surface area contributed by atoms with Crippen molar-refractivity contribution in [1.29, 1.82) is 0 Å². The Kier molecular flexibility index (Phi) is 7.34. The molecule has 5 rings (SSSR count). The molecule has 2 aliphatic rings. The van der Waals surface area contributed by atoms with E-state index in [9.17, 15) is 23.5 Å². The molecular formula is C26H29N7O6S. The van der Waals surface area contributed by atoms with Crippen molar-refractivity contribution in [3.63, 3.8) is 0 Å². The predicted molar refractivity (Wildman–Crippen MR) is 149 cm³/mol. The smallest absolute Gasteiger partial charge is 0.345 e. The molecule has 0 bridgehead atoms. The van der Waals surface area contributed by atoms with E-state index in [0.29, 0.717) is 49.9 Å². The van der Waals surface area contributed by atoms with E-state index in [4.69, 9.17) is 4.42 Å². The van der Waals surface area contributed by atoms with Gasteiger partial charge in [-0.05, 0) is 43.7 Å². The zero-order chi connectivity index (χ0) is 28.4. The third-order valence-corrected chi connectivity index (χ3v) is 7.51. The Morgan fingerprint density at radius 3 is 2.65 bits per heavy atom. The molecule has 2 aromatic heterocycles. The Morgan fingerprint density at radius 1 is 1.20 bits per heavy atom. The van der Waals surface area contributed by atoms with Crippen LogP contribution in [0.15, 0.2) is 68.5 Å². The summed E-state index contributed by atoms with van der Waals surface area (Å²) in [6, 6.07) is 12.8. The minimum atomic E-state index is -4.05. The summed E-state index contributed by atoms with van der Waals surface area (Å²) in [6.45, 7) is 5.29. The molecule has 1 saturated heterocycles. The van der Waals surface area contributed by atoms with Gasteiger partial charge in [0.15, 0.2) is 17.4 Å². The summed E-state index contributed by atoms with van der Waals surface area (Å²) >= 11 is 0. The van der Waals surface area contributed by atoms with E-state index in [2.05, 4.69) is 19.4 Å². The maximum absolute atomic E-state index is 13.3. The molecule has 0 aliphatic carbocycles. The largest absolute Gasteiger partial charge is 0.711 e. The number of carbonyl (C=O) groups is 1. The lowest BCUT2D eigenvalue weighted by Crippen LogP contribution is -2.51. The lowest BCUT2D eigenvalue weighted by molar-refractivity contribution is -0.592. The van der Waals surface area contributed by atoms with Gasteiger partial charge in [0, 0.05) is 6.07 Å². The van der Waals surface area contributed by atoms with Crippen LogP contribution >= 0.6 is 0 Å². The average Bonchev–Trinajstić information content (AvgIpc) is 3.49. The number of pyridine rings is 1. The number of phenols is 1. The second-order valence-corrected chi connectivity index (χ2v) is 10.7. The Balaban J connectivity index is 1.33. The van der Waals surface area contributed by atoms with E-state index >= 15 is 0 Å². The van der Waals surface area contributed by atoms with Crippen molar-refractivity contribution in [3.8, 4) is 5.75 Å². The number of aromatic nitrogens is 1. The van der Waals surface area contributed by atoms with Crippen LogP contribution in [0, 0.1) is 12.1 Å². The first-order valence-corrected chi connectivity index (χ1v) is 14.2. The van der Waals surface area contributed by atoms with Gasteiger partial charge in [0.25, 0.3) is 11.7 Å². The van der Waals surface area contributed by atoms with Crippen LogP contribution in [-0.2, 0) is 10.2 Å². The average molecular weight is 568 g/mol. The molecule has 1 fully saturated rings. The van der Waals surface area contributed by atoms with Crippen LogP contribution in [0.4, 0.5) is 11.5 Å². The number of aliphatic imine (C=N–C) groups is 1. The fourth-order valence-corrected chi connectivity index (χ4v) is 5.40. The van der Waals surface area contributed by atoms with Gasteiger partial charge in [0.2, 0.25) is 0 Å². The highest BCUT2D eigenvalue weighted by molar-refractivity contribution is 7.89. The van der Waals surface area contributed by atoms with Crippen LogP contribution in [0.1, 0.15) is 41.3 Å². The minimum Gasteiger partial charge on any atom is -0.711 e. The number of furan rings is 1. The topological polar surface area (TPSA) is 167 Å². The van der Waals surface area contributed by atoms with Crippen LogP contribution in [0.2, 0.25) is 0 Å². The van der Waals surface area contributed by atoms with Gasteiger partial charge < -0.3 is 24.9 Å². The minimum absolute atomic E-state index is 0.0373. The van der Waals surface area contributed by atoms with Gasteiger partial charge >= 0.3 is 10.2 Å². The van der Waals surface area contributed by atoms with E-state index in [-0.39, 0.29) is 28.7 Å². The molecular weight excluding hydrogens is 538 g/mol. The van der Waals surface area contributed by atoms with Crippen LogP contribution in [0.25, 0.3) is 0 Å². The molecule has 0 unspecified atom stereocenters. The highest BCUT2D eigenvalue weighted by Gasteiger charge is 2.31. The van der Waals surface area contributed by atoms with Crippen LogP contribution in [0.5, 0.6) is 5.75 Å². The molecule has 4 heterocycles. The van der Waals surface area contributed by atoms with E-state index in [1.54, 1.807) is 48.2 Å². The van der Waals surface area contributed by atoms with Gasteiger partial charge in [-0.1, -0.05) is 19.1 Å². The number of nitrogens with one attached hydrogen (secondary N) is 2. The van der Waals surface area contributed by atoms with Crippen molar-refractivity contribution in [1.82, 2.24) is 9.62 Å². The van der Waals surface area contributed by atoms with E-state index in [0.717, 1.165) is 4.73 Å². The van der Waals surface area contributed by atoms with Crippen molar-refractivity contribution in [2.45, 2.75) is 26.3 Å². The molecule has 2 aliphatic heterocycles. The summed E-state index contributed by atoms with van der Waals surface area (Å²) in [7, 11) is -4.05. The standard InChI is InChI=1S/C26H29N7O6S/c1-3-19(21-11-10-17(2)39-21)27-24-25(30-40(37,38)29-24)28-20-8-6-7-18(23(20)34)26(35)32-15-13-31(14-16-32)22-9-4-5-12-33(22)36/h4-12,19,34H,3,13-16H2,1-2H3,(H,27,29)(H,28,30)/t19-/m1/s1. The zero-order valence-corrected chi connectivity index (χ0v) is 22.8. The Labute approximate surface area is 231 Å². The van der Waals surface area contributed by atoms with E-state index in [1.807, 2.05) is 11.8 Å². The van der Waals surface area contributed by atoms with Crippen molar-refractivity contribution < 1.29 is 27.5 Å². The second-order valence-electron chi connectivity index (χ2n) is 9.36. The molecule has 1 aromatic carbocycles. The molecule has 40 heavy (non-hydrogen) atoms. The van der Waals surface area contributed by atoms with Gasteiger partial charge in [-0.2, -0.15) is 8.42 Å². The number of amides is 1. The normalized spacial score (nSPS) is 18.4. The molecule has 1 atom stereocenters. The van der Waals surface area contributed by atoms with Crippen molar-refractivity contribution in [3.05, 3.63) is 77.0 Å². The number of phenolic OH excluding ortho intramolecular Hbond substituents is 1. The molecule has 3 N–H and O–H groups in total. The summed E-state index contributed by atoms with van der Waals surface area (Å²) in [4.78, 5) is 21.3. The number of hydrogen-bond donors (Lipinski definition) is 3. The maximum Gasteiger partial charge on any atom is 0.345 e. The first kappa shape index (κ1) is 27.0. The highest BCUT2D eigenvalue weighted by Crippen LogP contribution is 2.30. The van der Waals surface area contributed by atoms with E-state index in [1.165, 1.54) is 18.3 Å². The summed E-state index contributed by atoms with van der Waals surface area (Å²) < 4.78 is 37.0. The molecule has 0 spiro atoms. The van der Waals surface area contributed by atoms with Gasteiger partial charge in [-0.15, -0.1) is 4.40 Å². The zero-order valence-electron chi connectivity index (χ0n) is 21.9. The molecule has 13 nitrogen and oxygen atoms in total. The second kappa shape index (κ2) is 10.9. The molecule has 0 saturated carbocycles. The third-order valence-electron chi connectivity index (χ3n) is 6.64. The number of carbonyl (C=O) groups excluding carboxylic acids is 1. The lowest BCUT2D eigenvalue weighted by atomic mass is 10.1. The molecule has 1 amide bonds. The van der Waals surface area contributed by atoms with E-state index < -0.39 is 22.2 Å². The number of piperazine rings is 1. The van der Waals surface area contributed by atoms with Crippen molar-refractivity contribution >= 4 is 39.3 Å². The number of rotatable bonds is 6. The predicted octanol–water partition coefficient (Wildman–Crippen LogP) is 2.10. The first-order valence-electron chi connectivity index (χ1n) is 12.7. The van der Waals surface area contributed by atoms with Gasteiger partial charge in [-0.25, -0.2) is 9.45 Å². The number of aryl methyl sites for hydroxylation is 1. The number of amidine groups is 2. The summed E-state index contributed by atoms with van der Waals surface area (Å²) in [5.74, 6) is 0.884. The van der Waals surface area contributed by atoms with Crippen molar-refractivity contribution in [2.24, 2.45) is 9.39 Å². The Morgan fingerprint density at radius 2 is 1.98 bits per heavy atom. The number of nitrogens with zero attached hydrogens (tertiary/aromatic N) is 5. The summed E-state index contributed by atoms with van der Waals surface area (Å²) in [5.41, 5.74) is 0.135. The molecule has 210 valence electrons. The number of para-hydroxylation sites is 1. The van der Waals surface area contributed by atoms with Crippen LogP contribution in [-0.4, -0.2) is 62.2 Å². The maximum atomic E-state index is 13.3. The number of hydrogen-bond acceptors (Lipinski definition) is 9. The Bertz CT molecular complexity index is 1590. The summed E-state index contributed by atoms with van der Waals surface area (Å²) in [6.07, 6.45) is 1.96. The molecule has 0 radical (unpaired) electrons. The van der Waals surface area contributed by atoms with Crippen LogP contribution in [0.3, 0.4) is 0 Å². The van der Waals surface area contributed by atoms with Crippen molar-refractivity contribution in [2.75, 3.05) is 36.4 Å². The third kappa shape index (κ3) is 5.57. The first-order chi connectivity index (χ1) is 19.1. The fraction of sp³-hybridized carbons (Fsp3) is 0.308. The quantitative estimate of drug-likeness (QED) is 0.231. The highest BCUT2D eigenvalue weighted by atomic mass is 32.2. The van der Waals surface area contributed by atoms with Gasteiger partial charge in [-0.3, -0.25) is 14.7 Å².